The van der Waals surface area contributed by atoms with Crippen LogP contribution in [0.25, 0.3) is 0 Å². The molecule has 0 aliphatic rings. The van der Waals surface area contributed by atoms with Gasteiger partial charge in [0.15, 0.2) is 0 Å². The maximum absolute atomic E-state index is 12.6. The molecule has 24 heavy (non-hydrogen) atoms. The Balaban J connectivity index is 2.17. The molecule has 0 saturated carbocycles. The average molecular weight is 325 g/mol. The monoisotopic (exact) mass is 325 g/mol. The summed E-state index contributed by atoms with van der Waals surface area (Å²) >= 11 is 0. The first-order valence-electron chi connectivity index (χ1n) is 8.01. The molecule has 0 fully saturated rings. The molecule has 0 saturated heterocycles. The van der Waals surface area contributed by atoms with Crippen LogP contribution in [-0.4, -0.2) is 19.1 Å². The van der Waals surface area contributed by atoms with Gasteiger partial charge in [-0.3, -0.25) is 4.79 Å². The number of nitrogens with one attached hydrogen (secondary N) is 1. The molecule has 2 aromatic carbocycles. The number of para-hydroxylation sites is 3. The van der Waals surface area contributed by atoms with Gasteiger partial charge in [-0.2, -0.15) is 0 Å². The number of rotatable bonds is 8. The van der Waals surface area contributed by atoms with Gasteiger partial charge in [-0.25, -0.2) is 0 Å². The number of hydrogen-bond donors (Lipinski definition) is 1. The molecule has 0 aromatic heterocycles. The van der Waals surface area contributed by atoms with Gasteiger partial charge >= 0.3 is 0 Å². The van der Waals surface area contributed by atoms with Crippen LogP contribution in [0.1, 0.15) is 30.6 Å². The number of ether oxygens (including phenoxy) is 2. The number of anilines is 1. The maximum atomic E-state index is 12.6. The van der Waals surface area contributed by atoms with E-state index in [2.05, 4.69) is 11.9 Å². The van der Waals surface area contributed by atoms with Crippen molar-refractivity contribution in [1.82, 2.24) is 0 Å². The zero-order chi connectivity index (χ0) is 17.4. The van der Waals surface area contributed by atoms with E-state index >= 15 is 0 Å². The number of hydrogen-bond acceptors (Lipinski definition) is 3. The minimum atomic E-state index is -0.229. The Morgan fingerprint density at radius 3 is 2.42 bits per heavy atom. The number of benzene rings is 2. The van der Waals surface area contributed by atoms with Crippen LogP contribution in [0.2, 0.25) is 0 Å². The summed E-state index contributed by atoms with van der Waals surface area (Å²) in [5.74, 6) is 0.964. The Bertz CT molecular complexity index is 710. The van der Waals surface area contributed by atoms with E-state index < -0.39 is 0 Å². The first-order chi connectivity index (χ1) is 11.6. The van der Waals surface area contributed by atoms with Crippen molar-refractivity contribution in [3.8, 4) is 11.5 Å². The molecule has 4 nitrogen and oxygen atoms in total. The summed E-state index contributed by atoms with van der Waals surface area (Å²) in [5, 5.41) is 2.89. The van der Waals surface area contributed by atoms with E-state index in [-0.39, 0.29) is 5.91 Å². The Labute approximate surface area is 143 Å². The second-order valence-electron chi connectivity index (χ2n) is 5.54. The average Bonchev–Trinajstić information content (AvgIpc) is 2.59. The number of amides is 1. The second kappa shape index (κ2) is 8.77. The van der Waals surface area contributed by atoms with Crippen molar-refractivity contribution < 1.29 is 14.3 Å². The Hall–Kier alpha value is -2.75. The van der Waals surface area contributed by atoms with Crippen LogP contribution in [0.4, 0.5) is 5.69 Å². The van der Waals surface area contributed by atoms with Crippen molar-refractivity contribution in [2.75, 3.05) is 18.5 Å². The lowest BCUT2D eigenvalue weighted by Gasteiger charge is -2.14. The summed E-state index contributed by atoms with van der Waals surface area (Å²) in [4.78, 5) is 12.6. The summed E-state index contributed by atoms with van der Waals surface area (Å²) in [6.45, 7) is 8.71. The van der Waals surface area contributed by atoms with Gasteiger partial charge < -0.3 is 14.8 Å². The van der Waals surface area contributed by atoms with Gasteiger partial charge in [-0.1, -0.05) is 37.8 Å². The minimum absolute atomic E-state index is 0.229. The van der Waals surface area contributed by atoms with Crippen molar-refractivity contribution in [2.24, 2.45) is 0 Å². The lowest BCUT2D eigenvalue weighted by molar-refractivity contribution is 0.102. The highest BCUT2D eigenvalue weighted by Gasteiger charge is 2.14. The van der Waals surface area contributed by atoms with E-state index in [9.17, 15) is 4.79 Å². The van der Waals surface area contributed by atoms with Gasteiger partial charge in [0, 0.05) is 0 Å². The molecule has 0 aliphatic heterocycles. The highest BCUT2D eigenvalue weighted by molar-refractivity contribution is 6.06. The van der Waals surface area contributed by atoms with Crippen molar-refractivity contribution >= 4 is 11.6 Å². The normalized spacial score (nSPS) is 10.1. The zero-order valence-corrected chi connectivity index (χ0v) is 14.2. The van der Waals surface area contributed by atoms with Crippen LogP contribution in [0.3, 0.4) is 0 Å². The standard InChI is InChI=1S/C20H23NO3/c1-4-13-23-18-11-7-5-9-16(18)20(22)21-17-10-6-8-12-19(17)24-14-15(2)3/h5-12H,2,4,13-14H2,1,3H3,(H,21,22). The van der Waals surface area contributed by atoms with E-state index in [0.717, 1.165) is 12.0 Å². The van der Waals surface area contributed by atoms with Crippen LogP contribution >= 0.6 is 0 Å². The van der Waals surface area contributed by atoms with Gasteiger partial charge in [-0.15, -0.1) is 0 Å². The second-order valence-corrected chi connectivity index (χ2v) is 5.54. The first kappa shape index (κ1) is 17.6. The SMILES string of the molecule is C=C(C)COc1ccccc1NC(=O)c1ccccc1OCCC. The fourth-order valence-corrected chi connectivity index (χ4v) is 2.08. The quantitative estimate of drug-likeness (QED) is 0.717. The highest BCUT2D eigenvalue weighted by atomic mass is 16.5. The number of carbonyl (C=O) groups is 1. The molecule has 0 unspecified atom stereocenters. The maximum Gasteiger partial charge on any atom is 0.259 e. The van der Waals surface area contributed by atoms with Gasteiger partial charge in [-0.05, 0) is 43.2 Å². The molecule has 1 amide bonds. The summed E-state index contributed by atoms with van der Waals surface area (Å²) in [7, 11) is 0. The molecule has 2 aromatic rings. The molecule has 0 bridgehead atoms. The van der Waals surface area contributed by atoms with Gasteiger partial charge in [0.05, 0.1) is 17.9 Å². The Kier molecular flexibility index (Phi) is 6.43. The molecular weight excluding hydrogens is 302 g/mol. The van der Waals surface area contributed by atoms with Crippen molar-refractivity contribution in [2.45, 2.75) is 20.3 Å². The summed E-state index contributed by atoms with van der Waals surface area (Å²) < 4.78 is 11.3. The largest absolute Gasteiger partial charge is 0.493 e. The molecule has 1 N–H and O–H groups in total. The van der Waals surface area contributed by atoms with Gasteiger partial charge in [0.1, 0.15) is 18.1 Å². The summed E-state index contributed by atoms with van der Waals surface area (Å²) in [5.41, 5.74) is 2.03. The van der Waals surface area contributed by atoms with Crippen molar-refractivity contribution in [1.29, 1.82) is 0 Å². The third-order valence-corrected chi connectivity index (χ3v) is 3.20. The van der Waals surface area contributed by atoms with Crippen LogP contribution < -0.4 is 14.8 Å². The van der Waals surface area contributed by atoms with Crippen LogP contribution in [0, 0.1) is 0 Å². The molecule has 126 valence electrons. The lowest BCUT2D eigenvalue weighted by atomic mass is 10.1. The summed E-state index contributed by atoms with van der Waals surface area (Å²) in [6.07, 6.45) is 0.882. The Morgan fingerprint density at radius 1 is 1.04 bits per heavy atom. The van der Waals surface area contributed by atoms with Crippen LogP contribution in [0.5, 0.6) is 11.5 Å². The molecule has 0 atom stereocenters. The molecular formula is C20H23NO3. The lowest BCUT2D eigenvalue weighted by Crippen LogP contribution is -2.15. The number of carbonyl (C=O) groups excluding carboxylic acids is 1. The Morgan fingerprint density at radius 2 is 1.71 bits per heavy atom. The van der Waals surface area contributed by atoms with Crippen LogP contribution in [-0.2, 0) is 0 Å². The third-order valence-electron chi connectivity index (χ3n) is 3.20. The van der Waals surface area contributed by atoms with E-state index in [1.54, 1.807) is 18.2 Å². The van der Waals surface area contributed by atoms with Crippen molar-refractivity contribution in [3.63, 3.8) is 0 Å². The molecule has 4 heteroatoms. The molecule has 0 heterocycles. The highest BCUT2D eigenvalue weighted by Crippen LogP contribution is 2.26. The minimum Gasteiger partial charge on any atom is -0.493 e. The third kappa shape index (κ3) is 4.88. The predicted octanol–water partition coefficient (Wildman–Crippen LogP) is 4.68. The topological polar surface area (TPSA) is 47.6 Å². The molecule has 2 rings (SSSR count). The van der Waals surface area contributed by atoms with Crippen molar-refractivity contribution in [3.05, 3.63) is 66.2 Å². The van der Waals surface area contributed by atoms with E-state index in [1.165, 1.54) is 0 Å². The molecule has 0 radical (unpaired) electrons. The fraction of sp³-hybridized carbons (Fsp3) is 0.250. The molecule has 0 spiro atoms. The fourth-order valence-electron chi connectivity index (χ4n) is 2.08. The molecule has 0 aliphatic carbocycles. The van der Waals surface area contributed by atoms with E-state index in [1.807, 2.05) is 44.2 Å². The van der Waals surface area contributed by atoms with Gasteiger partial charge in [0.2, 0.25) is 0 Å². The smallest absolute Gasteiger partial charge is 0.259 e. The van der Waals surface area contributed by atoms with Gasteiger partial charge in [0.25, 0.3) is 5.91 Å². The van der Waals surface area contributed by atoms with Crippen LogP contribution in [0.15, 0.2) is 60.7 Å². The first-order valence-corrected chi connectivity index (χ1v) is 8.01. The van der Waals surface area contributed by atoms with E-state index in [0.29, 0.717) is 36.0 Å². The predicted molar refractivity (Wildman–Crippen MR) is 96.9 cm³/mol. The van der Waals surface area contributed by atoms with E-state index in [4.69, 9.17) is 9.47 Å². The summed E-state index contributed by atoms with van der Waals surface area (Å²) in [6, 6.07) is 14.6. The zero-order valence-electron chi connectivity index (χ0n) is 14.2.